The van der Waals surface area contributed by atoms with Crippen LogP contribution in [0.1, 0.15) is 52.4 Å². The number of aryl methyl sites for hydroxylation is 4. The fraction of sp³-hybridized carbons (Fsp3) is 0.500. The lowest BCUT2D eigenvalue weighted by Gasteiger charge is -2.25. The third kappa shape index (κ3) is 2.77. The number of nitrogens with one attached hydrogen (secondary N) is 2. The molecule has 1 atom stereocenters. The third-order valence-corrected chi connectivity index (χ3v) is 5.03. The van der Waals surface area contributed by atoms with Crippen LogP contribution in [0.25, 0.3) is 0 Å². The highest BCUT2D eigenvalue weighted by atomic mass is 16.2. The molecule has 1 aliphatic carbocycles. The molecule has 6 nitrogen and oxygen atoms in total. The first-order chi connectivity index (χ1) is 11.6. The maximum atomic E-state index is 12.6. The van der Waals surface area contributed by atoms with Crippen molar-refractivity contribution in [3.63, 3.8) is 0 Å². The lowest BCUT2D eigenvalue weighted by atomic mass is 9.95. The Bertz CT molecular complexity index is 849. The fourth-order valence-corrected chi connectivity index (χ4v) is 3.81. The minimum atomic E-state index is -0.275. The Hall–Kier alpha value is -2.37. The van der Waals surface area contributed by atoms with Gasteiger partial charge in [0.05, 0.1) is 5.69 Å². The van der Waals surface area contributed by atoms with E-state index in [0.717, 1.165) is 61.3 Å². The van der Waals surface area contributed by atoms with Gasteiger partial charge >= 0.3 is 0 Å². The normalized spacial score (nSPS) is 19.5. The summed E-state index contributed by atoms with van der Waals surface area (Å²) in [4.78, 5) is 32.2. The van der Waals surface area contributed by atoms with Crippen molar-refractivity contribution in [1.82, 2.24) is 19.9 Å². The number of H-pyrrole nitrogens is 1. The molecule has 6 heteroatoms. The molecule has 126 valence electrons. The van der Waals surface area contributed by atoms with E-state index in [4.69, 9.17) is 0 Å². The number of pyridine rings is 1. The predicted molar refractivity (Wildman–Crippen MR) is 90.2 cm³/mol. The first kappa shape index (κ1) is 15.2. The molecule has 0 saturated carbocycles. The van der Waals surface area contributed by atoms with E-state index >= 15 is 0 Å². The lowest BCUT2D eigenvalue weighted by Crippen LogP contribution is -2.42. The highest BCUT2D eigenvalue weighted by Gasteiger charge is 2.23. The number of aromatic amines is 1. The molecule has 2 aromatic heterocycles. The molecule has 0 saturated heterocycles. The summed E-state index contributed by atoms with van der Waals surface area (Å²) in [6, 6.07) is 1.83. The number of hydrogen-bond donors (Lipinski definition) is 2. The molecule has 0 aromatic carbocycles. The Kier molecular flexibility index (Phi) is 3.75. The molecule has 0 spiro atoms. The van der Waals surface area contributed by atoms with Crippen LogP contribution >= 0.6 is 0 Å². The second-order valence-electron chi connectivity index (χ2n) is 6.88. The van der Waals surface area contributed by atoms with E-state index in [0.29, 0.717) is 6.54 Å². The van der Waals surface area contributed by atoms with Gasteiger partial charge in [-0.15, -0.1) is 0 Å². The molecule has 0 radical (unpaired) electrons. The topological polar surface area (TPSA) is 79.8 Å². The summed E-state index contributed by atoms with van der Waals surface area (Å²) in [5.41, 5.74) is 3.08. The van der Waals surface area contributed by atoms with Crippen LogP contribution in [-0.4, -0.2) is 26.5 Å². The summed E-state index contributed by atoms with van der Waals surface area (Å²) in [5, 5.41) is 3.03. The van der Waals surface area contributed by atoms with Gasteiger partial charge in [-0.05, 0) is 50.7 Å². The molecule has 0 unspecified atom stereocenters. The molecule has 0 fully saturated rings. The first-order valence-corrected chi connectivity index (χ1v) is 8.69. The maximum Gasteiger partial charge on any atom is 0.261 e. The second-order valence-corrected chi connectivity index (χ2v) is 6.88. The summed E-state index contributed by atoms with van der Waals surface area (Å²) < 4.78 is 2.10. The maximum absolute atomic E-state index is 12.6. The Balaban J connectivity index is 1.52. The number of nitrogens with zero attached hydrogens (tertiary/aromatic N) is 2. The average molecular weight is 326 g/mol. The van der Waals surface area contributed by atoms with Crippen LogP contribution in [0.5, 0.6) is 0 Å². The molecule has 2 aromatic rings. The Morgan fingerprint density at radius 1 is 1.33 bits per heavy atom. The molecule has 1 aliphatic heterocycles. The quantitative estimate of drug-likeness (QED) is 0.878. The van der Waals surface area contributed by atoms with Gasteiger partial charge in [0.2, 0.25) is 0 Å². The van der Waals surface area contributed by atoms with Gasteiger partial charge in [-0.25, -0.2) is 4.98 Å². The van der Waals surface area contributed by atoms with Crippen molar-refractivity contribution in [2.75, 3.05) is 0 Å². The summed E-state index contributed by atoms with van der Waals surface area (Å²) in [6.45, 7) is 2.69. The number of carbonyl (C=O) groups excluding carboxylic acids is 1. The van der Waals surface area contributed by atoms with E-state index in [9.17, 15) is 9.59 Å². The SMILES string of the molecule is Cc1cn2c(n1)CC[C@@H](NC(=O)c1cc3c([nH]c1=O)CCCC3)C2. The Morgan fingerprint density at radius 3 is 3.04 bits per heavy atom. The third-order valence-electron chi connectivity index (χ3n) is 5.03. The van der Waals surface area contributed by atoms with Gasteiger partial charge in [-0.2, -0.15) is 0 Å². The summed E-state index contributed by atoms with van der Waals surface area (Å²) in [6.07, 6.45) is 7.77. The monoisotopic (exact) mass is 326 g/mol. The Morgan fingerprint density at radius 2 is 2.17 bits per heavy atom. The molecule has 1 amide bonds. The molecule has 0 bridgehead atoms. The van der Waals surface area contributed by atoms with Gasteiger partial charge in [0.25, 0.3) is 11.5 Å². The number of imidazole rings is 1. The van der Waals surface area contributed by atoms with Crippen molar-refractivity contribution in [3.05, 3.63) is 51.0 Å². The number of hydrogen-bond acceptors (Lipinski definition) is 3. The summed E-state index contributed by atoms with van der Waals surface area (Å²) in [7, 11) is 0. The molecular weight excluding hydrogens is 304 g/mol. The zero-order valence-electron chi connectivity index (χ0n) is 13.9. The van der Waals surface area contributed by atoms with Crippen LogP contribution in [-0.2, 0) is 25.8 Å². The van der Waals surface area contributed by atoms with E-state index in [1.807, 2.05) is 13.1 Å². The fourth-order valence-electron chi connectivity index (χ4n) is 3.81. The zero-order chi connectivity index (χ0) is 16.7. The van der Waals surface area contributed by atoms with Crippen molar-refractivity contribution in [2.24, 2.45) is 0 Å². The smallest absolute Gasteiger partial charge is 0.261 e. The van der Waals surface area contributed by atoms with Gasteiger partial charge < -0.3 is 14.9 Å². The highest BCUT2D eigenvalue weighted by molar-refractivity contribution is 5.94. The van der Waals surface area contributed by atoms with Crippen molar-refractivity contribution >= 4 is 5.91 Å². The average Bonchev–Trinajstić information content (AvgIpc) is 2.93. The van der Waals surface area contributed by atoms with Crippen molar-refractivity contribution < 1.29 is 4.79 Å². The number of carbonyl (C=O) groups is 1. The van der Waals surface area contributed by atoms with Crippen LogP contribution in [0.3, 0.4) is 0 Å². The van der Waals surface area contributed by atoms with Crippen LogP contribution in [0, 0.1) is 6.92 Å². The van der Waals surface area contributed by atoms with Gasteiger partial charge in [-0.1, -0.05) is 0 Å². The molecule has 4 rings (SSSR count). The van der Waals surface area contributed by atoms with Crippen LogP contribution in [0.4, 0.5) is 0 Å². The molecule has 2 N–H and O–H groups in total. The zero-order valence-corrected chi connectivity index (χ0v) is 13.9. The largest absolute Gasteiger partial charge is 0.347 e. The molecule has 2 aliphatic rings. The van der Waals surface area contributed by atoms with Gasteiger partial charge in [0.15, 0.2) is 0 Å². The summed E-state index contributed by atoms with van der Waals surface area (Å²) in [5.74, 6) is 0.805. The molecular formula is C18H22N4O2. The van der Waals surface area contributed by atoms with Gasteiger partial charge in [-0.3, -0.25) is 9.59 Å². The van der Waals surface area contributed by atoms with Crippen molar-refractivity contribution in [1.29, 1.82) is 0 Å². The number of aromatic nitrogens is 3. The van der Waals surface area contributed by atoms with E-state index < -0.39 is 0 Å². The molecule has 3 heterocycles. The predicted octanol–water partition coefficient (Wildman–Crippen LogP) is 1.50. The van der Waals surface area contributed by atoms with Crippen LogP contribution in [0.15, 0.2) is 17.1 Å². The Labute approximate surface area is 140 Å². The van der Waals surface area contributed by atoms with E-state index in [-0.39, 0.29) is 23.1 Å². The first-order valence-electron chi connectivity index (χ1n) is 8.69. The summed E-state index contributed by atoms with van der Waals surface area (Å²) >= 11 is 0. The minimum absolute atomic E-state index is 0.0361. The van der Waals surface area contributed by atoms with E-state index in [2.05, 4.69) is 19.9 Å². The lowest BCUT2D eigenvalue weighted by molar-refractivity contribution is 0.0926. The van der Waals surface area contributed by atoms with E-state index in [1.165, 1.54) is 0 Å². The minimum Gasteiger partial charge on any atom is -0.347 e. The molecule has 24 heavy (non-hydrogen) atoms. The number of amides is 1. The standard InChI is InChI=1S/C18H22N4O2/c1-11-9-22-10-13(6-7-16(22)19-11)20-17(23)14-8-12-4-2-3-5-15(12)21-18(14)24/h8-9,13H,2-7,10H2,1H3,(H,20,23)(H,21,24)/t13-/m1/s1. The number of rotatable bonds is 2. The van der Waals surface area contributed by atoms with Crippen molar-refractivity contribution in [3.8, 4) is 0 Å². The number of fused-ring (bicyclic) bond motifs is 2. The van der Waals surface area contributed by atoms with E-state index in [1.54, 1.807) is 6.07 Å². The van der Waals surface area contributed by atoms with Gasteiger partial charge in [0.1, 0.15) is 11.4 Å². The van der Waals surface area contributed by atoms with Crippen LogP contribution in [0.2, 0.25) is 0 Å². The van der Waals surface area contributed by atoms with Crippen molar-refractivity contribution in [2.45, 2.75) is 58.0 Å². The van der Waals surface area contributed by atoms with Crippen LogP contribution < -0.4 is 10.9 Å². The highest BCUT2D eigenvalue weighted by Crippen LogP contribution is 2.19. The second kappa shape index (κ2) is 5.92. The van der Waals surface area contributed by atoms with Gasteiger partial charge in [0, 0.05) is 30.9 Å².